The second-order valence-electron chi connectivity index (χ2n) is 5.87. The molecule has 0 radical (unpaired) electrons. The Hall–Kier alpha value is -1.35. The van der Waals surface area contributed by atoms with E-state index in [0.717, 1.165) is 18.5 Å². The largest absolute Gasteiger partial charge is 0.330 e. The summed E-state index contributed by atoms with van der Waals surface area (Å²) in [7, 11) is 0. The molecule has 3 nitrogen and oxygen atoms in total. The number of nitrogens with zero attached hydrogens (tertiary/aromatic N) is 1. The normalized spacial score (nSPS) is 11.4. The van der Waals surface area contributed by atoms with Gasteiger partial charge in [0.1, 0.15) is 0 Å². The van der Waals surface area contributed by atoms with E-state index in [1.54, 1.807) is 0 Å². The molecule has 0 bridgehead atoms. The molecule has 0 saturated heterocycles. The van der Waals surface area contributed by atoms with Gasteiger partial charge in [0.2, 0.25) is 5.91 Å². The highest BCUT2D eigenvalue weighted by Gasteiger charge is 2.27. The molecule has 0 saturated carbocycles. The van der Waals surface area contributed by atoms with Crippen molar-refractivity contribution in [2.45, 2.75) is 40.5 Å². The summed E-state index contributed by atoms with van der Waals surface area (Å²) in [5.74, 6) is 0.144. The van der Waals surface area contributed by atoms with Crippen molar-refractivity contribution in [2.24, 2.45) is 11.1 Å². The van der Waals surface area contributed by atoms with E-state index in [2.05, 4.69) is 19.1 Å². The van der Waals surface area contributed by atoms with Gasteiger partial charge in [-0.1, -0.05) is 39.8 Å². The molecule has 0 aliphatic heterocycles. The Labute approximate surface area is 116 Å². The predicted molar refractivity (Wildman–Crippen MR) is 81.3 cm³/mol. The van der Waals surface area contributed by atoms with Crippen LogP contribution in [0.5, 0.6) is 0 Å². The molecule has 0 heterocycles. The van der Waals surface area contributed by atoms with Crippen molar-refractivity contribution < 1.29 is 4.79 Å². The standard InChI is InChI=1S/C16H26N2O/c1-5-13-7-9-14(10-8-13)18(12-6-11-17)15(19)16(2,3)4/h7-10H,5-6,11-12,17H2,1-4H3. The van der Waals surface area contributed by atoms with Gasteiger partial charge in [0.05, 0.1) is 0 Å². The number of carbonyl (C=O) groups excluding carboxylic acids is 1. The first kappa shape index (κ1) is 15.7. The Kier molecular flexibility index (Phi) is 5.55. The maximum absolute atomic E-state index is 12.5. The van der Waals surface area contributed by atoms with Crippen LogP contribution in [0.15, 0.2) is 24.3 Å². The third-order valence-corrected chi connectivity index (χ3v) is 3.13. The lowest BCUT2D eigenvalue weighted by atomic mass is 9.94. The van der Waals surface area contributed by atoms with Crippen LogP contribution in [0.1, 0.15) is 39.7 Å². The van der Waals surface area contributed by atoms with E-state index in [0.29, 0.717) is 13.1 Å². The van der Waals surface area contributed by atoms with E-state index in [-0.39, 0.29) is 11.3 Å². The summed E-state index contributed by atoms with van der Waals surface area (Å²) in [6.45, 7) is 9.25. The van der Waals surface area contributed by atoms with Gasteiger partial charge >= 0.3 is 0 Å². The molecule has 0 aliphatic rings. The maximum Gasteiger partial charge on any atom is 0.232 e. The zero-order valence-electron chi connectivity index (χ0n) is 12.6. The fraction of sp³-hybridized carbons (Fsp3) is 0.562. The van der Waals surface area contributed by atoms with Crippen LogP contribution in [-0.4, -0.2) is 19.0 Å². The number of rotatable bonds is 5. The van der Waals surface area contributed by atoms with Gasteiger partial charge in [-0.25, -0.2) is 0 Å². The average molecular weight is 262 g/mol. The van der Waals surface area contributed by atoms with Crippen LogP contribution in [0.25, 0.3) is 0 Å². The van der Waals surface area contributed by atoms with Gasteiger partial charge in [-0.2, -0.15) is 0 Å². The fourth-order valence-electron chi connectivity index (χ4n) is 1.91. The van der Waals surface area contributed by atoms with Crippen LogP contribution in [-0.2, 0) is 11.2 Å². The molecule has 106 valence electrons. The minimum absolute atomic E-state index is 0.144. The molecule has 1 aromatic rings. The van der Waals surface area contributed by atoms with E-state index in [9.17, 15) is 4.79 Å². The second-order valence-corrected chi connectivity index (χ2v) is 5.87. The predicted octanol–water partition coefficient (Wildman–Crippen LogP) is 2.98. The minimum Gasteiger partial charge on any atom is -0.330 e. The summed E-state index contributed by atoms with van der Waals surface area (Å²) in [6, 6.07) is 8.22. The van der Waals surface area contributed by atoms with Crippen molar-refractivity contribution in [3.05, 3.63) is 29.8 Å². The number of nitrogens with two attached hydrogens (primary N) is 1. The van der Waals surface area contributed by atoms with Crippen LogP contribution in [0.2, 0.25) is 0 Å². The third kappa shape index (κ3) is 4.35. The van der Waals surface area contributed by atoms with Crippen LogP contribution < -0.4 is 10.6 Å². The molecule has 0 aliphatic carbocycles. The molecular formula is C16H26N2O. The fourth-order valence-corrected chi connectivity index (χ4v) is 1.91. The topological polar surface area (TPSA) is 46.3 Å². The van der Waals surface area contributed by atoms with E-state index >= 15 is 0 Å². The van der Waals surface area contributed by atoms with Crippen molar-refractivity contribution in [3.8, 4) is 0 Å². The Morgan fingerprint density at radius 2 is 1.79 bits per heavy atom. The van der Waals surface area contributed by atoms with Gasteiger partial charge in [0.15, 0.2) is 0 Å². The summed E-state index contributed by atoms with van der Waals surface area (Å²) in [6.07, 6.45) is 1.83. The molecule has 19 heavy (non-hydrogen) atoms. The molecular weight excluding hydrogens is 236 g/mol. The smallest absolute Gasteiger partial charge is 0.232 e. The van der Waals surface area contributed by atoms with E-state index in [4.69, 9.17) is 5.73 Å². The molecule has 2 N–H and O–H groups in total. The number of anilines is 1. The number of hydrogen-bond acceptors (Lipinski definition) is 2. The lowest BCUT2D eigenvalue weighted by molar-refractivity contribution is -0.125. The zero-order valence-corrected chi connectivity index (χ0v) is 12.6. The highest BCUT2D eigenvalue weighted by molar-refractivity contribution is 5.96. The van der Waals surface area contributed by atoms with Gasteiger partial charge in [0.25, 0.3) is 0 Å². The number of hydrogen-bond donors (Lipinski definition) is 1. The van der Waals surface area contributed by atoms with E-state index in [1.165, 1.54) is 5.56 Å². The van der Waals surface area contributed by atoms with Crippen molar-refractivity contribution in [1.29, 1.82) is 0 Å². The summed E-state index contributed by atoms with van der Waals surface area (Å²) >= 11 is 0. The molecule has 0 atom stereocenters. The van der Waals surface area contributed by atoms with Crippen LogP contribution in [0.3, 0.4) is 0 Å². The zero-order chi connectivity index (χ0) is 14.5. The Morgan fingerprint density at radius 1 is 1.21 bits per heavy atom. The molecule has 0 fully saturated rings. The first-order chi connectivity index (χ1) is 8.90. The molecule has 0 unspecified atom stereocenters. The summed E-state index contributed by atoms with van der Waals surface area (Å²) < 4.78 is 0. The van der Waals surface area contributed by atoms with Gasteiger partial charge in [-0.15, -0.1) is 0 Å². The highest BCUT2D eigenvalue weighted by Crippen LogP contribution is 2.24. The quantitative estimate of drug-likeness (QED) is 0.886. The Bertz CT molecular complexity index is 404. The minimum atomic E-state index is -0.377. The number of carbonyl (C=O) groups is 1. The van der Waals surface area contributed by atoms with E-state index in [1.807, 2.05) is 37.8 Å². The second kappa shape index (κ2) is 6.71. The number of benzene rings is 1. The molecule has 0 spiro atoms. The highest BCUT2D eigenvalue weighted by atomic mass is 16.2. The summed E-state index contributed by atoms with van der Waals surface area (Å²) in [4.78, 5) is 14.4. The third-order valence-electron chi connectivity index (χ3n) is 3.13. The Morgan fingerprint density at radius 3 is 2.21 bits per heavy atom. The number of aryl methyl sites for hydroxylation is 1. The van der Waals surface area contributed by atoms with Gasteiger partial charge < -0.3 is 10.6 Å². The molecule has 1 amide bonds. The van der Waals surface area contributed by atoms with Crippen molar-refractivity contribution in [2.75, 3.05) is 18.0 Å². The van der Waals surface area contributed by atoms with Gasteiger partial charge in [0, 0.05) is 17.6 Å². The summed E-state index contributed by atoms with van der Waals surface area (Å²) in [5.41, 5.74) is 7.44. The monoisotopic (exact) mass is 262 g/mol. The molecule has 0 aromatic heterocycles. The van der Waals surface area contributed by atoms with Crippen LogP contribution >= 0.6 is 0 Å². The van der Waals surface area contributed by atoms with Crippen molar-refractivity contribution >= 4 is 11.6 Å². The first-order valence-corrected chi connectivity index (χ1v) is 7.01. The maximum atomic E-state index is 12.5. The average Bonchev–Trinajstić information content (AvgIpc) is 2.38. The van der Waals surface area contributed by atoms with E-state index < -0.39 is 0 Å². The molecule has 3 heteroatoms. The van der Waals surface area contributed by atoms with Crippen molar-refractivity contribution in [1.82, 2.24) is 0 Å². The number of amides is 1. The lowest BCUT2D eigenvalue weighted by Crippen LogP contribution is -2.40. The SMILES string of the molecule is CCc1ccc(N(CCCN)C(=O)C(C)(C)C)cc1. The summed E-state index contributed by atoms with van der Waals surface area (Å²) in [5, 5.41) is 0. The first-order valence-electron chi connectivity index (χ1n) is 7.01. The van der Waals surface area contributed by atoms with Crippen LogP contribution in [0, 0.1) is 5.41 Å². The molecule has 1 rings (SSSR count). The van der Waals surface area contributed by atoms with Crippen molar-refractivity contribution in [3.63, 3.8) is 0 Å². The van der Waals surface area contributed by atoms with Gasteiger partial charge in [-0.05, 0) is 37.1 Å². The Balaban J connectivity index is 2.98. The molecule has 1 aromatic carbocycles. The lowest BCUT2D eigenvalue weighted by Gasteiger charge is -2.29. The van der Waals surface area contributed by atoms with Gasteiger partial charge in [-0.3, -0.25) is 4.79 Å². The van der Waals surface area contributed by atoms with Crippen LogP contribution in [0.4, 0.5) is 5.69 Å².